The van der Waals surface area contributed by atoms with Gasteiger partial charge in [-0.3, -0.25) is 0 Å². The van der Waals surface area contributed by atoms with Crippen molar-refractivity contribution in [3.05, 3.63) is 41.6 Å². The van der Waals surface area contributed by atoms with Gasteiger partial charge < -0.3 is 5.73 Å². The molecule has 1 unspecified atom stereocenters. The molecule has 0 aliphatic carbocycles. The molecular formula is C9H7Br2NS2. The van der Waals surface area contributed by atoms with Gasteiger partial charge in [0.15, 0.2) is 0 Å². The Morgan fingerprint density at radius 3 is 2.57 bits per heavy atom. The van der Waals surface area contributed by atoms with Crippen molar-refractivity contribution >= 4 is 54.5 Å². The Hall–Kier alpha value is 0.320. The fraction of sp³-hybridized carbons (Fsp3) is 0.111. The highest BCUT2D eigenvalue weighted by Gasteiger charge is 2.14. The zero-order valence-corrected chi connectivity index (χ0v) is 11.8. The van der Waals surface area contributed by atoms with Crippen molar-refractivity contribution in [1.29, 1.82) is 0 Å². The summed E-state index contributed by atoms with van der Waals surface area (Å²) in [6, 6.07) is 4.08. The van der Waals surface area contributed by atoms with E-state index in [1.54, 1.807) is 22.7 Å². The van der Waals surface area contributed by atoms with Gasteiger partial charge in [0.2, 0.25) is 0 Å². The molecule has 0 saturated heterocycles. The summed E-state index contributed by atoms with van der Waals surface area (Å²) in [6.45, 7) is 0. The number of hydrogen-bond donors (Lipinski definition) is 1. The van der Waals surface area contributed by atoms with Crippen LogP contribution in [-0.4, -0.2) is 0 Å². The molecule has 5 heteroatoms. The van der Waals surface area contributed by atoms with Crippen LogP contribution in [-0.2, 0) is 0 Å². The Labute approximate surface area is 107 Å². The summed E-state index contributed by atoms with van der Waals surface area (Å²) in [6.07, 6.45) is 0. The summed E-state index contributed by atoms with van der Waals surface area (Å²) in [5.41, 5.74) is 7.30. The monoisotopic (exact) mass is 351 g/mol. The van der Waals surface area contributed by atoms with Crippen LogP contribution in [0.2, 0.25) is 0 Å². The fourth-order valence-corrected chi connectivity index (χ4v) is 4.03. The molecule has 2 aromatic heterocycles. The highest BCUT2D eigenvalue weighted by molar-refractivity contribution is 9.11. The van der Waals surface area contributed by atoms with Crippen LogP contribution in [0.1, 0.15) is 16.5 Å². The van der Waals surface area contributed by atoms with Crippen LogP contribution in [0, 0.1) is 0 Å². The second kappa shape index (κ2) is 4.45. The second-order valence-electron chi connectivity index (χ2n) is 2.79. The molecule has 0 amide bonds. The van der Waals surface area contributed by atoms with E-state index in [0.29, 0.717) is 0 Å². The lowest BCUT2D eigenvalue weighted by Gasteiger charge is -2.07. The molecule has 1 atom stereocenters. The molecule has 2 heterocycles. The normalized spacial score (nSPS) is 13.1. The van der Waals surface area contributed by atoms with Gasteiger partial charge in [0, 0.05) is 9.35 Å². The molecule has 74 valence electrons. The lowest BCUT2D eigenvalue weighted by Crippen LogP contribution is -2.09. The third-order valence-corrected chi connectivity index (χ3v) is 5.35. The molecule has 0 aliphatic rings. The van der Waals surface area contributed by atoms with Crippen LogP contribution in [0.3, 0.4) is 0 Å². The van der Waals surface area contributed by atoms with E-state index in [2.05, 4.69) is 43.3 Å². The van der Waals surface area contributed by atoms with Gasteiger partial charge in [-0.25, -0.2) is 0 Å². The Kier molecular flexibility index (Phi) is 3.44. The maximum absolute atomic E-state index is 6.14. The maximum atomic E-state index is 6.14. The van der Waals surface area contributed by atoms with Crippen molar-refractivity contribution in [1.82, 2.24) is 0 Å². The number of hydrogen-bond acceptors (Lipinski definition) is 3. The van der Waals surface area contributed by atoms with Crippen LogP contribution < -0.4 is 5.73 Å². The second-order valence-corrected chi connectivity index (χ2v) is 6.89. The molecule has 0 saturated carbocycles. The van der Waals surface area contributed by atoms with Gasteiger partial charge in [0.25, 0.3) is 0 Å². The quantitative estimate of drug-likeness (QED) is 0.852. The fourth-order valence-electron chi connectivity index (χ4n) is 1.17. The van der Waals surface area contributed by atoms with E-state index in [0.717, 1.165) is 13.8 Å². The van der Waals surface area contributed by atoms with Crippen LogP contribution in [0.25, 0.3) is 0 Å². The molecule has 2 aromatic rings. The summed E-state index contributed by atoms with van der Waals surface area (Å²) in [4.78, 5) is 1.18. The molecule has 0 radical (unpaired) electrons. The van der Waals surface area contributed by atoms with Gasteiger partial charge in [-0.1, -0.05) is 0 Å². The van der Waals surface area contributed by atoms with Gasteiger partial charge in [-0.05, 0) is 60.3 Å². The third-order valence-electron chi connectivity index (χ3n) is 1.87. The smallest absolute Gasteiger partial charge is 0.0701 e. The summed E-state index contributed by atoms with van der Waals surface area (Å²) in [7, 11) is 0. The minimum absolute atomic E-state index is 0.0214. The summed E-state index contributed by atoms with van der Waals surface area (Å²) in [5.74, 6) is 0. The standard InChI is InChI=1S/C9H7Br2NS2/c10-6-1-2-13-9(6)8(12)5-3-7(11)14-4-5/h1-4,8H,12H2. The average Bonchev–Trinajstić information content (AvgIpc) is 2.73. The summed E-state index contributed by atoms with van der Waals surface area (Å²) < 4.78 is 2.22. The van der Waals surface area contributed by atoms with E-state index in [4.69, 9.17) is 5.73 Å². The van der Waals surface area contributed by atoms with Gasteiger partial charge in [0.05, 0.1) is 9.83 Å². The highest BCUT2D eigenvalue weighted by atomic mass is 79.9. The van der Waals surface area contributed by atoms with Crippen LogP contribution in [0.5, 0.6) is 0 Å². The molecule has 2 rings (SSSR count). The largest absolute Gasteiger partial charge is 0.320 e. The molecule has 0 bridgehead atoms. The van der Waals surface area contributed by atoms with Gasteiger partial charge >= 0.3 is 0 Å². The van der Waals surface area contributed by atoms with Crippen molar-refractivity contribution in [3.63, 3.8) is 0 Å². The van der Waals surface area contributed by atoms with Crippen LogP contribution in [0.4, 0.5) is 0 Å². The van der Waals surface area contributed by atoms with Crippen molar-refractivity contribution in [2.24, 2.45) is 5.73 Å². The molecule has 0 spiro atoms. The molecule has 1 nitrogen and oxygen atoms in total. The Morgan fingerprint density at radius 2 is 2.07 bits per heavy atom. The average molecular weight is 353 g/mol. The number of rotatable bonds is 2. The van der Waals surface area contributed by atoms with Gasteiger partial charge in [-0.15, -0.1) is 22.7 Å². The first-order valence-corrected chi connectivity index (χ1v) is 7.25. The zero-order valence-electron chi connectivity index (χ0n) is 7.04. The number of thiophene rings is 2. The van der Waals surface area contributed by atoms with Gasteiger partial charge in [0.1, 0.15) is 0 Å². The lowest BCUT2D eigenvalue weighted by atomic mass is 10.1. The molecule has 0 aromatic carbocycles. The first-order chi connectivity index (χ1) is 6.68. The van der Waals surface area contributed by atoms with Crippen LogP contribution >= 0.6 is 54.5 Å². The number of halogens is 2. The van der Waals surface area contributed by atoms with Crippen molar-refractivity contribution in [2.75, 3.05) is 0 Å². The topological polar surface area (TPSA) is 26.0 Å². The molecule has 2 N–H and O–H groups in total. The first kappa shape index (κ1) is 10.8. The minimum Gasteiger partial charge on any atom is -0.320 e. The molecule has 14 heavy (non-hydrogen) atoms. The maximum Gasteiger partial charge on any atom is 0.0701 e. The van der Waals surface area contributed by atoms with Crippen molar-refractivity contribution in [2.45, 2.75) is 6.04 Å². The summed E-state index contributed by atoms with van der Waals surface area (Å²) >= 11 is 10.3. The predicted molar refractivity (Wildman–Crippen MR) is 70.1 cm³/mol. The first-order valence-electron chi connectivity index (χ1n) is 3.91. The zero-order chi connectivity index (χ0) is 10.1. The Morgan fingerprint density at radius 1 is 1.29 bits per heavy atom. The van der Waals surface area contributed by atoms with E-state index in [1.807, 2.05) is 11.4 Å². The van der Waals surface area contributed by atoms with E-state index < -0.39 is 0 Å². The van der Waals surface area contributed by atoms with E-state index in [-0.39, 0.29) is 6.04 Å². The minimum atomic E-state index is -0.0214. The number of nitrogens with two attached hydrogens (primary N) is 1. The molecule has 0 fully saturated rings. The van der Waals surface area contributed by atoms with Crippen molar-refractivity contribution in [3.8, 4) is 0 Å². The van der Waals surface area contributed by atoms with E-state index in [9.17, 15) is 0 Å². The van der Waals surface area contributed by atoms with Gasteiger partial charge in [-0.2, -0.15) is 0 Å². The predicted octanol–water partition coefficient (Wildman–Crippen LogP) is 4.38. The third kappa shape index (κ3) is 2.12. The Bertz CT molecular complexity index is 435. The van der Waals surface area contributed by atoms with Crippen LogP contribution in [0.15, 0.2) is 31.2 Å². The van der Waals surface area contributed by atoms with E-state index in [1.165, 1.54) is 4.88 Å². The molecule has 0 aliphatic heterocycles. The highest BCUT2D eigenvalue weighted by Crippen LogP contribution is 2.34. The lowest BCUT2D eigenvalue weighted by molar-refractivity contribution is 0.894. The molecular weight excluding hydrogens is 346 g/mol. The Balaban J connectivity index is 2.33. The summed E-state index contributed by atoms with van der Waals surface area (Å²) in [5, 5.41) is 4.13. The van der Waals surface area contributed by atoms with E-state index >= 15 is 0 Å². The van der Waals surface area contributed by atoms with Crippen molar-refractivity contribution < 1.29 is 0 Å². The SMILES string of the molecule is NC(c1csc(Br)c1)c1sccc1Br.